The average Bonchev–Trinajstić information content (AvgIpc) is 2.78. The lowest BCUT2D eigenvalue weighted by molar-refractivity contribution is -0.135. The van der Waals surface area contributed by atoms with E-state index in [1.54, 1.807) is 11.8 Å². The standard InChI is InChI=1S/C23H28N2O5S/c1-2-24-31(28,29)21-10-6-9-20(16-21)23(27)30-17-22(26)25-13-11-19(12-14-25)15-18-7-4-3-5-8-18/h3-10,16,19,24H,2,11-15,17H2,1H3. The summed E-state index contributed by atoms with van der Waals surface area (Å²) in [4.78, 5) is 26.5. The molecule has 1 fully saturated rings. The van der Waals surface area contributed by atoms with Crippen LogP contribution in [0.1, 0.15) is 35.7 Å². The molecule has 0 bridgehead atoms. The van der Waals surface area contributed by atoms with Gasteiger partial charge in [0.05, 0.1) is 10.5 Å². The Kier molecular flexibility index (Phi) is 7.81. The van der Waals surface area contributed by atoms with Crippen molar-refractivity contribution < 1.29 is 22.7 Å². The molecule has 2 aromatic rings. The SMILES string of the molecule is CCNS(=O)(=O)c1cccc(C(=O)OCC(=O)N2CCC(Cc3ccccc3)CC2)c1. The van der Waals surface area contributed by atoms with E-state index in [2.05, 4.69) is 16.9 Å². The van der Waals surface area contributed by atoms with E-state index < -0.39 is 16.0 Å². The fourth-order valence-electron chi connectivity index (χ4n) is 3.70. The number of sulfonamides is 1. The summed E-state index contributed by atoms with van der Waals surface area (Å²) in [7, 11) is -3.68. The summed E-state index contributed by atoms with van der Waals surface area (Å²) < 4.78 is 31.7. The number of likely N-dealkylation sites (tertiary alicyclic amines) is 1. The number of esters is 1. The number of piperidine rings is 1. The van der Waals surface area contributed by atoms with Crippen molar-refractivity contribution in [1.29, 1.82) is 0 Å². The van der Waals surface area contributed by atoms with Crippen LogP contribution >= 0.6 is 0 Å². The minimum absolute atomic E-state index is 0.0179. The fourth-order valence-corrected chi connectivity index (χ4v) is 4.79. The minimum atomic E-state index is -3.68. The largest absolute Gasteiger partial charge is 0.452 e. The summed E-state index contributed by atoms with van der Waals surface area (Å²) in [5.74, 6) is -0.417. The van der Waals surface area contributed by atoms with E-state index in [9.17, 15) is 18.0 Å². The van der Waals surface area contributed by atoms with Crippen LogP contribution in [-0.2, 0) is 26.0 Å². The van der Waals surface area contributed by atoms with Crippen LogP contribution in [0.3, 0.4) is 0 Å². The highest BCUT2D eigenvalue weighted by atomic mass is 32.2. The maximum absolute atomic E-state index is 12.5. The monoisotopic (exact) mass is 444 g/mol. The Morgan fingerprint density at radius 1 is 1.06 bits per heavy atom. The third-order valence-electron chi connectivity index (χ3n) is 5.38. The maximum atomic E-state index is 12.5. The number of hydrogen-bond acceptors (Lipinski definition) is 5. The molecule has 1 aliphatic rings. The molecule has 1 aliphatic heterocycles. The highest BCUT2D eigenvalue weighted by Crippen LogP contribution is 2.22. The van der Waals surface area contributed by atoms with Gasteiger partial charge in [-0.2, -0.15) is 0 Å². The number of benzene rings is 2. The molecule has 8 heteroatoms. The molecule has 1 heterocycles. The van der Waals surface area contributed by atoms with E-state index in [4.69, 9.17) is 4.74 Å². The lowest BCUT2D eigenvalue weighted by atomic mass is 9.90. The van der Waals surface area contributed by atoms with E-state index in [1.807, 2.05) is 18.2 Å². The topological polar surface area (TPSA) is 92.8 Å². The molecule has 3 rings (SSSR count). The molecule has 0 aliphatic carbocycles. The first-order valence-corrected chi connectivity index (χ1v) is 12.0. The second-order valence-corrected chi connectivity index (χ2v) is 9.39. The molecule has 1 saturated heterocycles. The first kappa shape index (κ1) is 23.0. The quantitative estimate of drug-likeness (QED) is 0.632. The molecular formula is C23H28N2O5S. The zero-order valence-corrected chi connectivity index (χ0v) is 18.4. The van der Waals surface area contributed by atoms with Crippen molar-refractivity contribution in [1.82, 2.24) is 9.62 Å². The molecule has 1 N–H and O–H groups in total. The molecule has 0 radical (unpaired) electrons. The predicted octanol–water partition coefficient (Wildman–Crippen LogP) is 2.62. The summed E-state index contributed by atoms with van der Waals surface area (Å²) >= 11 is 0. The van der Waals surface area contributed by atoms with Gasteiger partial charge in [-0.25, -0.2) is 17.9 Å². The molecule has 0 atom stereocenters. The minimum Gasteiger partial charge on any atom is -0.452 e. The van der Waals surface area contributed by atoms with E-state index in [0.29, 0.717) is 19.0 Å². The summed E-state index contributed by atoms with van der Waals surface area (Å²) in [6.45, 7) is 2.85. The molecule has 0 unspecified atom stereocenters. The van der Waals surface area contributed by atoms with Gasteiger partial charge in [0.2, 0.25) is 10.0 Å². The van der Waals surface area contributed by atoms with Gasteiger partial charge in [-0.1, -0.05) is 43.3 Å². The fraction of sp³-hybridized carbons (Fsp3) is 0.391. The zero-order valence-electron chi connectivity index (χ0n) is 17.6. The van der Waals surface area contributed by atoms with Gasteiger partial charge in [0.25, 0.3) is 5.91 Å². The van der Waals surface area contributed by atoms with Crippen molar-refractivity contribution in [2.45, 2.75) is 31.1 Å². The van der Waals surface area contributed by atoms with Crippen molar-refractivity contribution in [3.63, 3.8) is 0 Å². The lowest BCUT2D eigenvalue weighted by Gasteiger charge is -2.32. The highest BCUT2D eigenvalue weighted by Gasteiger charge is 2.24. The Labute approximate surface area is 183 Å². The molecule has 0 aromatic heterocycles. The maximum Gasteiger partial charge on any atom is 0.338 e. The van der Waals surface area contributed by atoms with Gasteiger partial charge in [-0.05, 0) is 48.9 Å². The number of nitrogens with one attached hydrogen (secondary N) is 1. The molecule has 0 spiro atoms. The van der Waals surface area contributed by atoms with Crippen LogP contribution in [0.15, 0.2) is 59.5 Å². The summed E-state index contributed by atoms with van der Waals surface area (Å²) in [6.07, 6.45) is 2.84. The third-order valence-corrected chi connectivity index (χ3v) is 6.92. The number of ether oxygens (including phenoxy) is 1. The van der Waals surface area contributed by atoms with E-state index in [0.717, 1.165) is 19.3 Å². The Bertz CT molecular complexity index is 1000. The smallest absolute Gasteiger partial charge is 0.338 e. The number of rotatable bonds is 8. The number of amides is 1. The third kappa shape index (κ3) is 6.38. The molecule has 0 saturated carbocycles. The van der Waals surface area contributed by atoms with Gasteiger partial charge in [0.15, 0.2) is 6.61 Å². The summed E-state index contributed by atoms with van der Waals surface area (Å²) in [5.41, 5.74) is 1.40. The van der Waals surface area contributed by atoms with Gasteiger partial charge in [-0.15, -0.1) is 0 Å². The van der Waals surface area contributed by atoms with E-state index in [-0.39, 0.29) is 29.5 Å². The van der Waals surface area contributed by atoms with Crippen LogP contribution in [-0.4, -0.2) is 51.4 Å². The van der Waals surface area contributed by atoms with Crippen LogP contribution in [0.2, 0.25) is 0 Å². The predicted molar refractivity (Wildman–Crippen MR) is 117 cm³/mol. The number of hydrogen-bond donors (Lipinski definition) is 1. The average molecular weight is 445 g/mol. The van der Waals surface area contributed by atoms with E-state index >= 15 is 0 Å². The second-order valence-electron chi connectivity index (χ2n) is 7.62. The Morgan fingerprint density at radius 3 is 2.45 bits per heavy atom. The van der Waals surface area contributed by atoms with Crippen LogP contribution in [0.4, 0.5) is 0 Å². The molecule has 31 heavy (non-hydrogen) atoms. The Hall–Kier alpha value is -2.71. The first-order valence-electron chi connectivity index (χ1n) is 10.5. The van der Waals surface area contributed by atoms with Gasteiger partial charge in [0, 0.05) is 19.6 Å². The Balaban J connectivity index is 1.48. The van der Waals surface area contributed by atoms with Crippen molar-refractivity contribution in [2.24, 2.45) is 5.92 Å². The van der Waals surface area contributed by atoms with Gasteiger partial charge >= 0.3 is 5.97 Å². The van der Waals surface area contributed by atoms with Crippen molar-refractivity contribution in [3.05, 3.63) is 65.7 Å². The van der Waals surface area contributed by atoms with Crippen molar-refractivity contribution in [2.75, 3.05) is 26.2 Å². The number of carbonyl (C=O) groups is 2. The van der Waals surface area contributed by atoms with Gasteiger partial charge < -0.3 is 9.64 Å². The Morgan fingerprint density at radius 2 is 1.77 bits per heavy atom. The molecule has 1 amide bonds. The van der Waals surface area contributed by atoms with Crippen molar-refractivity contribution in [3.8, 4) is 0 Å². The summed E-state index contributed by atoms with van der Waals surface area (Å²) in [5, 5.41) is 0. The van der Waals surface area contributed by atoms with Crippen LogP contribution in [0, 0.1) is 5.92 Å². The molecule has 2 aromatic carbocycles. The lowest BCUT2D eigenvalue weighted by Crippen LogP contribution is -2.41. The van der Waals surface area contributed by atoms with E-state index in [1.165, 1.54) is 29.8 Å². The van der Waals surface area contributed by atoms with Crippen LogP contribution in [0.5, 0.6) is 0 Å². The van der Waals surface area contributed by atoms with Crippen LogP contribution < -0.4 is 4.72 Å². The second kappa shape index (κ2) is 10.5. The highest BCUT2D eigenvalue weighted by molar-refractivity contribution is 7.89. The number of nitrogens with zero attached hydrogens (tertiary/aromatic N) is 1. The van der Waals surface area contributed by atoms with Gasteiger partial charge in [0.1, 0.15) is 0 Å². The molecule has 166 valence electrons. The van der Waals surface area contributed by atoms with Crippen molar-refractivity contribution >= 4 is 21.9 Å². The number of carbonyl (C=O) groups excluding carboxylic acids is 2. The molecular weight excluding hydrogens is 416 g/mol. The first-order chi connectivity index (χ1) is 14.9. The molecule has 7 nitrogen and oxygen atoms in total. The normalized spacial score (nSPS) is 14.9. The van der Waals surface area contributed by atoms with Gasteiger partial charge in [-0.3, -0.25) is 4.79 Å². The van der Waals surface area contributed by atoms with Crippen LogP contribution in [0.25, 0.3) is 0 Å². The zero-order chi connectivity index (χ0) is 22.3. The summed E-state index contributed by atoms with van der Waals surface area (Å²) in [6, 6.07) is 15.9.